The van der Waals surface area contributed by atoms with Gasteiger partial charge in [-0.1, -0.05) is 0 Å². The molecule has 0 saturated carbocycles. The molecule has 44 heavy (non-hydrogen) atoms. The minimum Gasteiger partial charge on any atom is -0.480 e. The summed E-state index contributed by atoms with van der Waals surface area (Å²) in [4.78, 5) is 75.0. The van der Waals surface area contributed by atoms with Gasteiger partial charge in [-0.2, -0.15) is 0 Å². The van der Waals surface area contributed by atoms with Crippen LogP contribution in [-0.4, -0.2) is 108 Å². The molecular weight excluding hydrogens is 578 g/mol. The summed E-state index contributed by atoms with van der Waals surface area (Å²) in [5.74, 6) is -4.72. The van der Waals surface area contributed by atoms with Crippen molar-refractivity contribution in [3.63, 3.8) is 0 Å². The molecule has 0 aromatic heterocycles. The van der Waals surface area contributed by atoms with E-state index in [1.165, 1.54) is 13.8 Å². The van der Waals surface area contributed by atoms with Gasteiger partial charge in [0.05, 0.1) is 12.6 Å². The van der Waals surface area contributed by atoms with Crippen molar-refractivity contribution in [2.24, 2.45) is 22.9 Å². The average Bonchev–Trinajstić information content (AvgIpc) is 2.97. The molecule has 0 spiro atoms. The monoisotopic (exact) mass is 631 g/mol. The number of carboxylic acid groups (broad SMARTS) is 1. The van der Waals surface area contributed by atoms with Crippen LogP contribution >= 0.6 is 0 Å². The zero-order valence-electron chi connectivity index (χ0n) is 25.8. The molecule has 0 bridgehead atoms. The topological polar surface area (TPSA) is 307 Å². The maximum absolute atomic E-state index is 13.0. The molecule has 0 aromatic rings. The summed E-state index contributed by atoms with van der Waals surface area (Å²) in [5.41, 5.74) is 22.1. The van der Waals surface area contributed by atoms with E-state index in [4.69, 9.17) is 22.9 Å². The number of unbranched alkanes of at least 4 members (excludes halogenated alkanes) is 3. The highest BCUT2D eigenvalue weighted by Gasteiger charge is 2.28. The van der Waals surface area contributed by atoms with Gasteiger partial charge in [0.25, 0.3) is 0 Å². The summed E-state index contributed by atoms with van der Waals surface area (Å²) in [6.07, 6.45) is 2.64. The summed E-state index contributed by atoms with van der Waals surface area (Å²) >= 11 is 0. The maximum atomic E-state index is 13.0. The van der Waals surface area contributed by atoms with Crippen LogP contribution in [-0.2, 0) is 28.8 Å². The van der Waals surface area contributed by atoms with Gasteiger partial charge in [-0.05, 0) is 91.3 Å². The largest absolute Gasteiger partial charge is 0.480 e. The molecule has 0 aliphatic heterocycles. The quantitative estimate of drug-likeness (QED) is 0.0458. The lowest BCUT2D eigenvalue weighted by Crippen LogP contribution is -2.56. The first-order valence-corrected chi connectivity index (χ1v) is 15.0. The molecule has 0 aromatic carbocycles. The molecule has 0 saturated heterocycles. The lowest BCUT2D eigenvalue weighted by Gasteiger charge is -2.23. The number of hydrogen-bond acceptors (Lipinski definition) is 11. The van der Waals surface area contributed by atoms with E-state index in [-0.39, 0.29) is 19.3 Å². The van der Waals surface area contributed by atoms with Crippen molar-refractivity contribution in [1.82, 2.24) is 26.6 Å². The standard InChI is InChI=1S/C27H53N9O8/c1-16(23(39)36-20(27(43)44)11-5-8-14-30)33-25(41)19(10-4-7-13-29)34-21(38)15-32-24(40)18(9-3-6-12-28)35-26(42)22(31)17(2)37/h16-20,22,37H,3-15,28-31H2,1-2H3,(H,32,40)(H,33,41)(H,34,38)(H,35,42)(H,36,39)(H,43,44)/t16-,17+,18-,19-,20-,22-/m0/s1. The smallest absolute Gasteiger partial charge is 0.326 e. The Hall–Kier alpha value is -3.38. The predicted molar refractivity (Wildman–Crippen MR) is 162 cm³/mol. The number of amides is 5. The second kappa shape index (κ2) is 23.1. The number of aliphatic hydroxyl groups excluding tert-OH is 1. The molecule has 17 nitrogen and oxygen atoms in total. The fourth-order valence-corrected chi connectivity index (χ4v) is 3.97. The van der Waals surface area contributed by atoms with Crippen LogP contribution in [0.25, 0.3) is 0 Å². The van der Waals surface area contributed by atoms with Crippen LogP contribution in [0.2, 0.25) is 0 Å². The molecule has 0 rings (SSSR count). The van der Waals surface area contributed by atoms with E-state index in [1.807, 2.05) is 0 Å². The average molecular weight is 632 g/mol. The molecule has 0 heterocycles. The Morgan fingerprint density at radius 2 is 1.07 bits per heavy atom. The lowest BCUT2D eigenvalue weighted by atomic mass is 10.1. The maximum Gasteiger partial charge on any atom is 0.326 e. The molecule has 5 amide bonds. The number of hydrogen-bond donors (Lipinski definition) is 11. The van der Waals surface area contributed by atoms with Crippen LogP contribution < -0.4 is 49.5 Å². The van der Waals surface area contributed by atoms with Crippen LogP contribution in [0.3, 0.4) is 0 Å². The van der Waals surface area contributed by atoms with Crippen molar-refractivity contribution in [3.8, 4) is 0 Å². The van der Waals surface area contributed by atoms with E-state index in [9.17, 15) is 39.0 Å². The highest BCUT2D eigenvalue weighted by Crippen LogP contribution is 2.05. The summed E-state index contributed by atoms with van der Waals surface area (Å²) in [6.45, 7) is 3.31. The van der Waals surface area contributed by atoms with Crippen LogP contribution in [0.5, 0.6) is 0 Å². The van der Waals surface area contributed by atoms with Crippen LogP contribution in [0.1, 0.15) is 71.6 Å². The Bertz CT molecular complexity index is 922. The number of nitrogens with one attached hydrogen (secondary N) is 5. The van der Waals surface area contributed by atoms with Gasteiger partial charge in [0.15, 0.2) is 0 Å². The summed E-state index contributed by atoms with van der Waals surface area (Å²) in [5, 5.41) is 31.3. The van der Waals surface area contributed by atoms with Crippen molar-refractivity contribution in [3.05, 3.63) is 0 Å². The third kappa shape index (κ3) is 17.0. The Kier molecular flexibility index (Phi) is 21.3. The molecule has 0 unspecified atom stereocenters. The molecule has 0 fully saturated rings. The van der Waals surface area contributed by atoms with Crippen molar-refractivity contribution in [1.29, 1.82) is 0 Å². The summed E-state index contributed by atoms with van der Waals surface area (Å²) in [6, 6.07) is -5.64. The highest BCUT2D eigenvalue weighted by molar-refractivity contribution is 5.95. The number of rotatable bonds is 24. The van der Waals surface area contributed by atoms with Gasteiger partial charge in [0.1, 0.15) is 30.2 Å². The zero-order chi connectivity index (χ0) is 33.7. The van der Waals surface area contributed by atoms with E-state index < -0.39 is 78.4 Å². The van der Waals surface area contributed by atoms with Gasteiger partial charge < -0.3 is 59.7 Å². The molecular formula is C27H53N9O8. The zero-order valence-corrected chi connectivity index (χ0v) is 25.8. The van der Waals surface area contributed by atoms with Gasteiger partial charge in [-0.15, -0.1) is 0 Å². The SMILES string of the molecule is C[C@H](NC(=O)[C@H](CCCCN)NC(=O)CNC(=O)[C@H](CCCCN)NC(=O)[C@@H](N)[C@@H](C)O)C(=O)N[C@@H](CCCCN)C(=O)O. The second-order valence-corrected chi connectivity index (χ2v) is 10.6. The van der Waals surface area contributed by atoms with E-state index in [0.29, 0.717) is 58.2 Å². The summed E-state index contributed by atoms with van der Waals surface area (Å²) < 4.78 is 0. The predicted octanol–water partition coefficient (Wildman–Crippen LogP) is -3.76. The molecule has 17 heteroatoms. The van der Waals surface area contributed by atoms with Gasteiger partial charge in [0.2, 0.25) is 29.5 Å². The second-order valence-electron chi connectivity index (χ2n) is 10.6. The summed E-state index contributed by atoms with van der Waals surface area (Å²) in [7, 11) is 0. The van der Waals surface area contributed by atoms with Crippen LogP contribution in [0.15, 0.2) is 0 Å². The molecule has 15 N–H and O–H groups in total. The third-order valence-corrected chi connectivity index (χ3v) is 6.74. The number of aliphatic hydroxyl groups is 1. The molecule has 0 radical (unpaired) electrons. The van der Waals surface area contributed by atoms with Crippen molar-refractivity contribution in [2.75, 3.05) is 26.2 Å². The Morgan fingerprint density at radius 3 is 1.52 bits per heavy atom. The number of carbonyl (C=O) groups is 6. The first-order chi connectivity index (χ1) is 20.8. The molecule has 6 atom stereocenters. The fourth-order valence-electron chi connectivity index (χ4n) is 3.97. The number of nitrogens with two attached hydrogens (primary N) is 4. The van der Waals surface area contributed by atoms with Gasteiger partial charge in [-0.25, -0.2) is 4.79 Å². The van der Waals surface area contributed by atoms with E-state index >= 15 is 0 Å². The van der Waals surface area contributed by atoms with E-state index in [0.717, 1.165) is 0 Å². The Morgan fingerprint density at radius 1 is 0.614 bits per heavy atom. The fraction of sp³-hybridized carbons (Fsp3) is 0.778. The lowest BCUT2D eigenvalue weighted by molar-refractivity contribution is -0.142. The van der Waals surface area contributed by atoms with Gasteiger partial charge in [-0.3, -0.25) is 24.0 Å². The van der Waals surface area contributed by atoms with Crippen LogP contribution in [0, 0.1) is 0 Å². The Balaban J connectivity index is 5.29. The minimum absolute atomic E-state index is 0.174. The normalized spacial score (nSPS) is 15.1. The van der Waals surface area contributed by atoms with Gasteiger partial charge in [0, 0.05) is 0 Å². The molecule has 0 aliphatic rings. The number of aliphatic carboxylic acids is 1. The first-order valence-electron chi connectivity index (χ1n) is 15.0. The highest BCUT2D eigenvalue weighted by atomic mass is 16.4. The van der Waals surface area contributed by atoms with E-state index in [1.54, 1.807) is 0 Å². The number of carboxylic acids is 1. The third-order valence-electron chi connectivity index (χ3n) is 6.74. The minimum atomic E-state index is -1.26. The molecule has 254 valence electrons. The Labute approximate surface area is 258 Å². The van der Waals surface area contributed by atoms with Crippen LogP contribution in [0.4, 0.5) is 0 Å². The first kappa shape index (κ1) is 40.6. The number of carbonyl (C=O) groups excluding carboxylic acids is 5. The van der Waals surface area contributed by atoms with Crippen molar-refractivity contribution >= 4 is 35.5 Å². The van der Waals surface area contributed by atoms with Crippen molar-refractivity contribution in [2.45, 2.75) is 108 Å². The van der Waals surface area contributed by atoms with E-state index in [2.05, 4.69) is 26.6 Å². The van der Waals surface area contributed by atoms with Gasteiger partial charge >= 0.3 is 5.97 Å². The molecule has 0 aliphatic carbocycles. The van der Waals surface area contributed by atoms with Crippen molar-refractivity contribution < 1.29 is 39.0 Å².